The lowest BCUT2D eigenvalue weighted by Crippen LogP contribution is -2.29. The average Bonchev–Trinajstić information content (AvgIpc) is 2.84. The molecule has 2 heterocycles. The normalized spacial score (nSPS) is 16.4. The zero-order chi connectivity index (χ0) is 14.5. The van der Waals surface area contributed by atoms with E-state index in [1.807, 2.05) is 11.3 Å². The molecule has 0 amide bonds. The first-order chi connectivity index (χ1) is 9.58. The Labute approximate surface area is 127 Å². The monoisotopic (exact) mass is 295 g/mol. The number of thiazole rings is 1. The first-order valence-electron chi connectivity index (χ1n) is 8.03. The van der Waals surface area contributed by atoms with Gasteiger partial charge in [-0.15, -0.1) is 11.3 Å². The molecule has 1 fully saturated rings. The molecule has 1 saturated heterocycles. The molecule has 1 aromatic rings. The highest BCUT2D eigenvalue weighted by Gasteiger charge is 2.19. The Morgan fingerprint density at radius 1 is 1.15 bits per heavy atom. The van der Waals surface area contributed by atoms with E-state index in [9.17, 15) is 0 Å². The zero-order valence-corrected chi connectivity index (χ0v) is 14.2. The van der Waals surface area contributed by atoms with E-state index in [4.69, 9.17) is 4.98 Å². The summed E-state index contributed by atoms with van der Waals surface area (Å²) in [4.78, 5) is 8.85. The number of nitrogens with zero attached hydrogens (tertiary/aromatic N) is 2. The van der Waals surface area contributed by atoms with Gasteiger partial charge in [0.05, 0.1) is 5.69 Å². The predicted octanol–water partition coefficient (Wildman–Crippen LogP) is 4.00. The van der Waals surface area contributed by atoms with Gasteiger partial charge < -0.3 is 10.2 Å². The van der Waals surface area contributed by atoms with Crippen LogP contribution in [0.1, 0.15) is 63.4 Å². The summed E-state index contributed by atoms with van der Waals surface area (Å²) in [5.41, 5.74) is 1.30. The summed E-state index contributed by atoms with van der Waals surface area (Å²) < 4.78 is 0. The third-order valence-electron chi connectivity index (χ3n) is 3.73. The van der Waals surface area contributed by atoms with Crippen LogP contribution in [0.4, 0.5) is 5.13 Å². The fourth-order valence-corrected chi connectivity index (χ4v) is 3.86. The summed E-state index contributed by atoms with van der Waals surface area (Å²) in [5, 5.41) is 4.81. The number of hydrogen-bond acceptors (Lipinski definition) is 4. The molecule has 0 aliphatic carbocycles. The fourth-order valence-electron chi connectivity index (χ4n) is 2.62. The minimum absolute atomic E-state index is 0.514. The van der Waals surface area contributed by atoms with Crippen LogP contribution in [0.3, 0.4) is 0 Å². The van der Waals surface area contributed by atoms with E-state index in [1.54, 1.807) is 0 Å². The molecule has 0 bridgehead atoms. The Balaban J connectivity index is 2.06. The summed E-state index contributed by atoms with van der Waals surface area (Å²) in [6.07, 6.45) is 4.01. The molecule has 1 aliphatic rings. The third kappa shape index (κ3) is 4.19. The molecule has 0 atom stereocenters. The van der Waals surface area contributed by atoms with Crippen molar-refractivity contribution in [2.75, 3.05) is 24.5 Å². The van der Waals surface area contributed by atoms with E-state index in [1.165, 1.54) is 48.1 Å². The minimum Gasteiger partial charge on any atom is -0.348 e. The number of rotatable bonds is 6. The van der Waals surface area contributed by atoms with Crippen molar-refractivity contribution in [2.24, 2.45) is 5.92 Å². The largest absolute Gasteiger partial charge is 0.348 e. The van der Waals surface area contributed by atoms with Gasteiger partial charge in [0.2, 0.25) is 0 Å². The Bertz CT molecular complexity index is 406. The quantitative estimate of drug-likeness (QED) is 0.859. The van der Waals surface area contributed by atoms with Crippen LogP contribution >= 0.6 is 11.3 Å². The number of nitrogens with one attached hydrogen (secondary N) is 1. The molecule has 0 saturated carbocycles. The molecular weight excluding hydrogens is 266 g/mol. The van der Waals surface area contributed by atoms with E-state index in [0.29, 0.717) is 11.8 Å². The van der Waals surface area contributed by atoms with E-state index in [0.717, 1.165) is 13.1 Å². The van der Waals surface area contributed by atoms with Crippen LogP contribution in [0.2, 0.25) is 0 Å². The molecular formula is C16H29N3S. The van der Waals surface area contributed by atoms with Crippen molar-refractivity contribution in [3.05, 3.63) is 10.6 Å². The maximum absolute atomic E-state index is 4.94. The van der Waals surface area contributed by atoms with Gasteiger partial charge in [-0.05, 0) is 37.6 Å². The molecule has 0 radical (unpaired) electrons. The van der Waals surface area contributed by atoms with Crippen LogP contribution in [-0.2, 0) is 6.54 Å². The van der Waals surface area contributed by atoms with Crippen molar-refractivity contribution >= 4 is 16.5 Å². The number of aromatic nitrogens is 1. The van der Waals surface area contributed by atoms with Gasteiger partial charge in [0.15, 0.2) is 5.13 Å². The number of anilines is 1. The molecule has 1 N–H and O–H groups in total. The summed E-state index contributed by atoms with van der Waals surface area (Å²) in [6.45, 7) is 13.4. The van der Waals surface area contributed by atoms with E-state index < -0.39 is 0 Å². The van der Waals surface area contributed by atoms with Gasteiger partial charge in [0.1, 0.15) is 0 Å². The van der Waals surface area contributed by atoms with E-state index in [2.05, 4.69) is 37.9 Å². The van der Waals surface area contributed by atoms with Crippen LogP contribution in [0.5, 0.6) is 0 Å². The van der Waals surface area contributed by atoms with Crippen molar-refractivity contribution in [3.63, 3.8) is 0 Å². The lowest BCUT2D eigenvalue weighted by atomic mass is 10.1. The SMILES string of the molecule is CC(C)CNCc1sc(N2CCCCC2)nc1C(C)C. The first-order valence-corrected chi connectivity index (χ1v) is 8.85. The molecule has 0 unspecified atom stereocenters. The van der Waals surface area contributed by atoms with Gasteiger partial charge in [-0.3, -0.25) is 0 Å². The van der Waals surface area contributed by atoms with Crippen LogP contribution in [0, 0.1) is 5.92 Å². The molecule has 114 valence electrons. The van der Waals surface area contributed by atoms with Gasteiger partial charge in [0.25, 0.3) is 0 Å². The van der Waals surface area contributed by atoms with E-state index in [-0.39, 0.29) is 0 Å². The van der Waals surface area contributed by atoms with Gasteiger partial charge in [-0.25, -0.2) is 4.98 Å². The average molecular weight is 295 g/mol. The second-order valence-electron chi connectivity index (χ2n) is 6.53. The van der Waals surface area contributed by atoms with Gasteiger partial charge in [-0.1, -0.05) is 27.7 Å². The molecule has 0 spiro atoms. The molecule has 1 aromatic heterocycles. The van der Waals surface area contributed by atoms with Crippen LogP contribution in [-0.4, -0.2) is 24.6 Å². The van der Waals surface area contributed by atoms with Crippen molar-refractivity contribution in [3.8, 4) is 0 Å². The van der Waals surface area contributed by atoms with Crippen molar-refractivity contribution in [2.45, 2.75) is 59.4 Å². The molecule has 0 aromatic carbocycles. The highest BCUT2D eigenvalue weighted by molar-refractivity contribution is 7.15. The summed E-state index contributed by atoms with van der Waals surface area (Å²) in [6, 6.07) is 0. The van der Waals surface area contributed by atoms with E-state index >= 15 is 0 Å². The highest BCUT2D eigenvalue weighted by Crippen LogP contribution is 2.32. The molecule has 3 nitrogen and oxygen atoms in total. The predicted molar refractivity (Wildman–Crippen MR) is 88.8 cm³/mol. The second-order valence-corrected chi connectivity index (χ2v) is 7.59. The summed E-state index contributed by atoms with van der Waals surface area (Å²) in [7, 11) is 0. The fraction of sp³-hybridized carbons (Fsp3) is 0.812. The first kappa shape index (κ1) is 15.8. The number of piperidine rings is 1. The standard InChI is InChI=1S/C16H29N3S/c1-12(2)10-17-11-14-15(13(3)4)18-16(20-14)19-8-6-5-7-9-19/h12-13,17H,5-11H2,1-4H3. The van der Waals surface area contributed by atoms with Gasteiger partial charge in [0, 0.05) is 24.5 Å². The molecule has 4 heteroatoms. The maximum Gasteiger partial charge on any atom is 0.185 e. The summed E-state index contributed by atoms with van der Waals surface area (Å²) >= 11 is 1.90. The van der Waals surface area contributed by atoms with Crippen LogP contribution in [0.25, 0.3) is 0 Å². The molecule has 20 heavy (non-hydrogen) atoms. The number of hydrogen-bond donors (Lipinski definition) is 1. The second kappa shape index (κ2) is 7.41. The minimum atomic E-state index is 0.514. The molecule has 1 aliphatic heterocycles. The Hall–Kier alpha value is -0.610. The van der Waals surface area contributed by atoms with Crippen molar-refractivity contribution in [1.82, 2.24) is 10.3 Å². The van der Waals surface area contributed by atoms with Crippen molar-refractivity contribution in [1.29, 1.82) is 0 Å². The zero-order valence-electron chi connectivity index (χ0n) is 13.4. The smallest absolute Gasteiger partial charge is 0.185 e. The molecule has 2 rings (SSSR count). The maximum atomic E-state index is 4.94. The Morgan fingerprint density at radius 3 is 2.45 bits per heavy atom. The lowest BCUT2D eigenvalue weighted by molar-refractivity contribution is 0.552. The Morgan fingerprint density at radius 2 is 1.85 bits per heavy atom. The van der Waals surface area contributed by atoms with Crippen LogP contribution in [0.15, 0.2) is 0 Å². The Kier molecular flexibility index (Phi) is 5.85. The lowest BCUT2D eigenvalue weighted by Gasteiger charge is -2.25. The highest BCUT2D eigenvalue weighted by atomic mass is 32.1. The van der Waals surface area contributed by atoms with Crippen molar-refractivity contribution < 1.29 is 0 Å². The summed E-state index contributed by atoms with van der Waals surface area (Å²) in [5.74, 6) is 1.22. The topological polar surface area (TPSA) is 28.2 Å². The van der Waals surface area contributed by atoms with Crippen LogP contribution < -0.4 is 10.2 Å². The third-order valence-corrected chi connectivity index (χ3v) is 4.86. The van der Waals surface area contributed by atoms with Gasteiger partial charge in [-0.2, -0.15) is 0 Å². The van der Waals surface area contributed by atoms with Gasteiger partial charge >= 0.3 is 0 Å².